The Bertz CT molecular complexity index is 405. The first-order chi connectivity index (χ1) is 7.70. The van der Waals surface area contributed by atoms with Crippen LogP contribution in [-0.2, 0) is 16.8 Å². The van der Waals surface area contributed by atoms with E-state index in [1.165, 1.54) is 16.7 Å². The highest BCUT2D eigenvalue weighted by molar-refractivity contribution is 5.40. The molecule has 1 fully saturated rings. The van der Waals surface area contributed by atoms with Gasteiger partial charge in [0.05, 0.1) is 6.61 Å². The molecule has 1 saturated heterocycles. The Kier molecular flexibility index (Phi) is 2.30. The van der Waals surface area contributed by atoms with Crippen LogP contribution in [0.25, 0.3) is 0 Å². The second-order valence-electron chi connectivity index (χ2n) is 5.25. The van der Waals surface area contributed by atoms with E-state index in [9.17, 15) is 0 Å². The largest absolute Gasteiger partial charge is 0.367 e. The molecular weight excluding hydrogens is 198 g/mol. The van der Waals surface area contributed by atoms with Gasteiger partial charge in [-0.2, -0.15) is 0 Å². The Balaban J connectivity index is 1.98. The van der Waals surface area contributed by atoms with Gasteiger partial charge >= 0.3 is 0 Å². The summed E-state index contributed by atoms with van der Waals surface area (Å²) >= 11 is 0. The van der Waals surface area contributed by atoms with E-state index in [2.05, 4.69) is 37.4 Å². The fourth-order valence-corrected chi connectivity index (χ4v) is 2.87. The predicted molar refractivity (Wildman–Crippen MR) is 64.6 cm³/mol. The molecule has 2 unspecified atom stereocenters. The van der Waals surface area contributed by atoms with Crippen molar-refractivity contribution in [2.24, 2.45) is 0 Å². The third kappa shape index (κ3) is 1.48. The van der Waals surface area contributed by atoms with Gasteiger partial charge in [-0.15, -0.1) is 0 Å². The van der Waals surface area contributed by atoms with E-state index < -0.39 is 0 Å². The van der Waals surface area contributed by atoms with Crippen molar-refractivity contribution in [3.63, 3.8) is 0 Å². The number of hydrogen-bond donors (Lipinski definition) is 1. The molecule has 1 heterocycles. The van der Waals surface area contributed by atoms with Crippen LogP contribution in [0.3, 0.4) is 0 Å². The van der Waals surface area contributed by atoms with Crippen LogP contribution in [-0.4, -0.2) is 19.2 Å². The summed E-state index contributed by atoms with van der Waals surface area (Å²) in [5, 5.41) is 3.55. The van der Waals surface area contributed by atoms with Gasteiger partial charge in [0, 0.05) is 12.6 Å². The number of fused-ring (bicyclic) bond motifs is 2. The minimum atomic E-state index is -0.0339. The Morgan fingerprint density at radius 2 is 2.31 bits per heavy atom. The molecule has 86 valence electrons. The molecule has 0 bridgehead atoms. The lowest BCUT2D eigenvalue weighted by molar-refractivity contribution is -0.0843. The molecular formula is C14H19NO. The Morgan fingerprint density at radius 1 is 1.44 bits per heavy atom. The van der Waals surface area contributed by atoms with Crippen LogP contribution in [0.1, 0.15) is 30.0 Å². The minimum absolute atomic E-state index is 0.0339. The summed E-state index contributed by atoms with van der Waals surface area (Å²) in [7, 11) is 0. The van der Waals surface area contributed by atoms with E-state index in [-0.39, 0.29) is 5.60 Å². The van der Waals surface area contributed by atoms with Crippen LogP contribution in [0.4, 0.5) is 0 Å². The molecule has 1 N–H and O–H groups in total. The fraction of sp³-hybridized carbons (Fsp3) is 0.571. The van der Waals surface area contributed by atoms with Crippen molar-refractivity contribution in [3.05, 3.63) is 34.9 Å². The lowest BCUT2D eigenvalue weighted by Crippen LogP contribution is -2.50. The quantitative estimate of drug-likeness (QED) is 0.719. The molecule has 1 aliphatic heterocycles. The lowest BCUT2D eigenvalue weighted by Gasteiger charge is -2.38. The van der Waals surface area contributed by atoms with Crippen molar-refractivity contribution in [3.8, 4) is 0 Å². The molecule has 2 nitrogen and oxygen atoms in total. The van der Waals surface area contributed by atoms with E-state index in [1.54, 1.807) is 0 Å². The number of ether oxygens (including phenoxy) is 1. The van der Waals surface area contributed by atoms with E-state index in [4.69, 9.17) is 4.74 Å². The smallest absolute Gasteiger partial charge is 0.106 e. The first kappa shape index (κ1) is 10.3. The van der Waals surface area contributed by atoms with E-state index in [0.29, 0.717) is 6.04 Å². The van der Waals surface area contributed by atoms with Gasteiger partial charge in [0.15, 0.2) is 0 Å². The first-order valence-electron chi connectivity index (χ1n) is 6.17. The van der Waals surface area contributed by atoms with Crippen molar-refractivity contribution < 1.29 is 4.74 Å². The number of aryl methyl sites for hydroxylation is 2. The van der Waals surface area contributed by atoms with Crippen molar-refractivity contribution in [2.75, 3.05) is 13.2 Å². The fourth-order valence-electron chi connectivity index (χ4n) is 2.87. The normalized spacial score (nSPS) is 33.0. The van der Waals surface area contributed by atoms with Crippen LogP contribution in [0, 0.1) is 6.92 Å². The molecule has 0 amide bonds. The van der Waals surface area contributed by atoms with Gasteiger partial charge in [0.25, 0.3) is 0 Å². The average Bonchev–Trinajstić information content (AvgIpc) is 2.62. The highest BCUT2D eigenvalue weighted by atomic mass is 16.5. The van der Waals surface area contributed by atoms with E-state index in [0.717, 1.165) is 26.0 Å². The number of morpholine rings is 1. The maximum absolute atomic E-state index is 6.16. The van der Waals surface area contributed by atoms with Crippen LogP contribution >= 0.6 is 0 Å². The Labute approximate surface area is 97.0 Å². The third-order valence-corrected chi connectivity index (χ3v) is 3.90. The molecule has 0 aromatic heterocycles. The number of nitrogens with one attached hydrogen (secondary N) is 1. The molecule has 2 heteroatoms. The molecule has 0 radical (unpaired) electrons. The van der Waals surface area contributed by atoms with Gasteiger partial charge in [-0.3, -0.25) is 0 Å². The molecule has 1 spiro atoms. The Morgan fingerprint density at radius 3 is 3.06 bits per heavy atom. The van der Waals surface area contributed by atoms with Crippen molar-refractivity contribution >= 4 is 0 Å². The van der Waals surface area contributed by atoms with Gasteiger partial charge < -0.3 is 10.1 Å². The van der Waals surface area contributed by atoms with Crippen molar-refractivity contribution in [1.29, 1.82) is 0 Å². The molecule has 1 aromatic carbocycles. The van der Waals surface area contributed by atoms with Crippen molar-refractivity contribution in [1.82, 2.24) is 5.32 Å². The van der Waals surface area contributed by atoms with Gasteiger partial charge in [0.2, 0.25) is 0 Å². The van der Waals surface area contributed by atoms with E-state index in [1.807, 2.05) is 0 Å². The maximum atomic E-state index is 6.16. The van der Waals surface area contributed by atoms with E-state index >= 15 is 0 Å². The number of rotatable bonds is 0. The van der Waals surface area contributed by atoms with Gasteiger partial charge in [-0.05, 0) is 37.8 Å². The Hall–Kier alpha value is -0.860. The first-order valence-corrected chi connectivity index (χ1v) is 6.17. The molecule has 3 rings (SSSR count). The molecule has 1 aliphatic carbocycles. The molecule has 16 heavy (non-hydrogen) atoms. The summed E-state index contributed by atoms with van der Waals surface area (Å²) in [4.78, 5) is 0. The SMILES string of the molecule is Cc1ccc2c(c1)C1(CC2)CNC(C)CO1. The number of hydrogen-bond acceptors (Lipinski definition) is 2. The zero-order valence-electron chi connectivity index (χ0n) is 10.0. The lowest BCUT2D eigenvalue weighted by atomic mass is 9.92. The van der Waals surface area contributed by atoms with Crippen LogP contribution in [0.5, 0.6) is 0 Å². The highest BCUT2D eigenvalue weighted by Crippen LogP contribution is 2.41. The van der Waals surface area contributed by atoms with Gasteiger partial charge in [0.1, 0.15) is 5.60 Å². The monoisotopic (exact) mass is 217 g/mol. The molecule has 1 aromatic rings. The summed E-state index contributed by atoms with van der Waals surface area (Å²) in [5.41, 5.74) is 4.20. The minimum Gasteiger partial charge on any atom is -0.367 e. The summed E-state index contributed by atoms with van der Waals surface area (Å²) in [6, 6.07) is 7.26. The summed E-state index contributed by atoms with van der Waals surface area (Å²) in [5.74, 6) is 0. The van der Waals surface area contributed by atoms with Crippen LogP contribution in [0.15, 0.2) is 18.2 Å². The average molecular weight is 217 g/mol. The second-order valence-corrected chi connectivity index (χ2v) is 5.25. The van der Waals surface area contributed by atoms with Crippen LogP contribution in [0.2, 0.25) is 0 Å². The maximum Gasteiger partial charge on any atom is 0.106 e. The summed E-state index contributed by atoms with van der Waals surface area (Å²) < 4.78 is 6.16. The summed E-state index contributed by atoms with van der Waals surface area (Å²) in [6.45, 7) is 6.13. The topological polar surface area (TPSA) is 21.3 Å². The second kappa shape index (κ2) is 3.57. The molecule has 0 saturated carbocycles. The standard InChI is InChI=1S/C14H19NO/c1-10-3-4-12-5-6-14(13(12)7-10)9-15-11(2)8-16-14/h3-4,7,11,15H,5-6,8-9H2,1-2H3. The predicted octanol–water partition coefficient (Wildman–Crippen LogP) is 2.14. The van der Waals surface area contributed by atoms with Crippen LogP contribution < -0.4 is 5.32 Å². The van der Waals surface area contributed by atoms with Gasteiger partial charge in [-0.1, -0.05) is 23.8 Å². The van der Waals surface area contributed by atoms with Gasteiger partial charge in [-0.25, -0.2) is 0 Å². The zero-order valence-corrected chi connectivity index (χ0v) is 10.0. The third-order valence-electron chi connectivity index (χ3n) is 3.90. The highest BCUT2D eigenvalue weighted by Gasteiger charge is 2.42. The molecule has 2 atom stereocenters. The van der Waals surface area contributed by atoms with Crippen molar-refractivity contribution in [2.45, 2.75) is 38.3 Å². The summed E-state index contributed by atoms with van der Waals surface area (Å²) in [6.07, 6.45) is 2.29. The molecule has 2 aliphatic rings. The zero-order chi connectivity index (χ0) is 11.2. The number of benzene rings is 1.